The fraction of sp³-hybridized carbons (Fsp3) is 0.250. The first-order valence-corrected chi connectivity index (χ1v) is 5.73. The SMILES string of the molecule is Cc1cc(-c2nnco2)ccc1NC(=O)OCC(F)(F)F. The molecule has 0 fully saturated rings. The molecule has 9 heteroatoms. The molecule has 1 aromatic heterocycles. The predicted molar refractivity (Wildman–Crippen MR) is 65.5 cm³/mol. The van der Waals surface area contributed by atoms with Gasteiger partial charge in [-0.05, 0) is 30.7 Å². The molecule has 1 heterocycles. The minimum Gasteiger partial charge on any atom is -0.440 e. The first-order valence-electron chi connectivity index (χ1n) is 5.73. The van der Waals surface area contributed by atoms with Gasteiger partial charge in [-0.2, -0.15) is 13.2 Å². The summed E-state index contributed by atoms with van der Waals surface area (Å²) in [6, 6.07) is 4.73. The Hall–Kier alpha value is -2.58. The van der Waals surface area contributed by atoms with Gasteiger partial charge in [0.2, 0.25) is 12.3 Å². The summed E-state index contributed by atoms with van der Waals surface area (Å²) in [4.78, 5) is 11.3. The molecule has 0 unspecified atom stereocenters. The lowest BCUT2D eigenvalue weighted by molar-refractivity contribution is -0.159. The Labute approximate surface area is 116 Å². The molecule has 112 valence electrons. The summed E-state index contributed by atoms with van der Waals surface area (Å²) < 4.78 is 44.8. The highest BCUT2D eigenvalue weighted by Crippen LogP contribution is 2.23. The van der Waals surface area contributed by atoms with Crippen molar-refractivity contribution in [1.82, 2.24) is 10.2 Å². The van der Waals surface area contributed by atoms with E-state index in [0.717, 1.165) is 0 Å². The van der Waals surface area contributed by atoms with Gasteiger partial charge in [-0.15, -0.1) is 10.2 Å². The lowest BCUT2D eigenvalue weighted by Crippen LogP contribution is -2.23. The minimum atomic E-state index is -4.56. The molecule has 0 spiro atoms. The number of rotatable bonds is 3. The van der Waals surface area contributed by atoms with E-state index in [9.17, 15) is 18.0 Å². The highest BCUT2D eigenvalue weighted by atomic mass is 19.4. The zero-order valence-corrected chi connectivity index (χ0v) is 10.8. The Morgan fingerprint density at radius 1 is 1.43 bits per heavy atom. The van der Waals surface area contributed by atoms with E-state index in [2.05, 4.69) is 20.3 Å². The van der Waals surface area contributed by atoms with Crippen LogP contribution in [-0.4, -0.2) is 29.1 Å². The maximum Gasteiger partial charge on any atom is 0.422 e. The molecule has 0 radical (unpaired) electrons. The van der Waals surface area contributed by atoms with E-state index < -0.39 is 18.9 Å². The molecule has 2 aromatic rings. The smallest absolute Gasteiger partial charge is 0.422 e. The molecule has 0 aliphatic rings. The van der Waals surface area contributed by atoms with Gasteiger partial charge in [0, 0.05) is 11.3 Å². The highest BCUT2D eigenvalue weighted by molar-refractivity contribution is 5.86. The number of ether oxygens (including phenoxy) is 1. The molecule has 0 aliphatic heterocycles. The molecular weight excluding hydrogens is 291 g/mol. The van der Waals surface area contributed by atoms with Gasteiger partial charge in [0.1, 0.15) is 0 Å². The first kappa shape index (κ1) is 14.8. The van der Waals surface area contributed by atoms with Gasteiger partial charge in [0.05, 0.1) is 0 Å². The Kier molecular flexibility index (Phi) is 4.10. The van der Waals surface area contributed by atoms with Crippen LogP contribution < -0.4 is 5.32 Å². The maximum absolute atomic E-state index is 11.9. The van der Waals surface area contributed by atoms with Crippen LogP contribution in [0.3, 0.4) is 0 Å². The van der Waals surface area contributed by atoms with Crippen LogP contribution in [0.5, 0.6) is 0 Å². The minimum absolute atomic E-state index is 0.296. The average Bonchev–Trinajstić information content (AvgIpc) is 2.92. The van der Waals surface area contributed by atoms with Gasteiger partial charge >= 0.3 is 12.3 Å². The summed E-state index contributed by atoms with van der Waals surface area (Å²) in [5.74, 6) is 0.296. The Balaban J connectivity index is 2.03. The topological polar surface area (TPSA) is 77.3 Å². The Bertz CT molecular complexity index is 626. The van der Waals surface area contributed by atoms with Crippen LogP contribution in [0.2, 0.25) is 0 Å². The molecule has 2 rings (SSSR count). The van der Waals surface area contributed by atoms with Gasteiger partial charge in [0.25, 0.3) is 0 Å². The van der Waals surface area contributed by atoms with Crippen LogP contribution in [0.15, 0.2) is 29.0 Å². The van der Waals surface area contributed by atoms with E-state index in [1.165, 1.54) is 12.5 Å². The number of carbonyl (C=O) groups excluding carboxylic acids is 1. The summed E-state index contributed by atoms with van der Waals surface area (Å²) >= 11 is 0. The summed E-state index contributed by atoms with van der Waals surface area (Å²) in [6.45, 7) is 0.0250. The zero-order valence-electron chi connectivity index (χ0n) is 10.8. The van der Waals surface area contributed by atoms with Crippen molar-refractivity contribution in [1.29, 1.82) is 0 Å². The summed E-state index contributed by atoms with van der Waals surface area (Å²) in [6.07, 6.45) is -4.57. The summed E-state index contributed by atoms with van der Waals surface area (Å²) in [5, 5.41) is 9.48. The number of aromatic nitrogens is 2. The van der Waals surface area contributed by atoms with Gasteiger partial charge < -0.3 is 9.15 Å². The second-order valence-electron chi connectivity index (χ2n) is 4.09. The number of hydrogen-bond acceptors (Lipinski definition) is 5. The molecule has 1 aromatic carbocycles. The fourth-order valence-electron chi connectivity index (χ4n) is 1.53. The molecule has 0 atom stereocenters. The largest absolute Gasteiger partial charge is 0.440 e. The van der Waals surface area contributed by atoms with E-state index in [1.54, 1.807) is 19.1 Å². The van der Waals surface area contributed by atoms with Crippen LogP contribution >= 0.6 is 0 Å². The van der Waals surface area contributed by atoms with E-state index in [-0.39, 0.29) is 0 Å². The van der Waals surface area contributed by atoms with E-state index in [4.69, 9.17) is 4.42 Å². The number of anilines is 1. The van der Waals surface area contributed by atoms with Crippen LogP contribution in [0.25, 0.3) is 11.5 Å². The van der Waals surface area contributed by atoms with Crippen LogP contribution in [0, 0.1) is 6.92 Å². The third kappa shape index (κ3) is 4.20. The van der Waals surface area contributed by atoms with Crippen LogP contribution in [0.4, 0.5) is 23.7 Å². The molecule has 1 amide bonds. The lowest BCUT2D eigenvalue weighted by atomic mass is 10.1. The lowest BCUT2D eigenvalue weighted by Gasteiger charge is -2.11. The Morgan fingerprint density at radius 3 is 2.76 bits per heavy atom. The van der Waals surface area contributed by atoms with E-state index in [1.807, 2.05) is 0 Å². The van der Waals surface area contributed by atoms with Crippen molar-refractivity contribution in [2.24, 2.45) is 0 Å². The molecule has 0 saturated carbocycles. The molecule has 1 N–H and O–H groups in total. The average molecular weight is 301 g/mol. The van der Waals surface area contributed by atoms with Gasteiger partial charge in [-0.1, -0.05) is 0 Å². The number of benzene rings is 1. The van der Waals surface area contributed by atoms with Crippen molar-refractivity contribution < 1.29 is 27.1 Å². The molecule has 21 heavy (non-hydrogen) atoms. The quantitative estimate of drug-likeness (QED) is 0.942. The number of nitrogens with zero attached hydrogens (tertiary/aromatic N) is 2. The monoisotopic (exact) mass is 301 g/mol. The van der Waals surface area contributed by atoms with E-state index in [0.29, 0.717) is 22.7 Å². The van der Waals surface area contributed by atoms with Crippen molar-refractivity contribution in [3.8, 4) is 11.5 Å². The molecule has 0 saturated heterocycles. The molecule has 0 aliphatic carbocycles. The number of amides is 1. The van der Waals surface area contributed by atoms with Crippen molar-refractivity contribution in [2.45, 2.75) is 13.1 Å². The molecule has 0 bridgehead atoms. The number of alkyl halides is 3. The number of aryl methyl sites for hydroxylation is 1. The van der Waals surface area contributed by atoms with Crippen molar-refractivity contribution >= 4 is 11.8 Å². The van der Waals surface area contributed by atoms with Gasteiger partial charge in [-0.25, -0.2) is 4.79 Å². The van der Waals surface area contributed by atoms with Crippen molar-refractivity contribution in [3.05, 3.63) is 30.2 Å². The number of nitrogens with one attached hydrogen (secondary N) is 1. The second-order valence-corrected chi connectivity index (χ2v) is 4.09. The second kappa shape index (κ2) is 5.81. The normalized spacial score (nSPS) is 11.2. The maximum atomic E-state index is 11.9. The number of halogens is 3. The Morgan fingerprint density at radius 2 is 2.19 bits per heavy atom. The fourth-order valence-corrected chi connectivity index (χ4v) is 1.53. The van der Waals surface area contributed by atoms with Crippen molar-refractivity contribution in [3.63, 3.8) is 0 Å². The third-order valence-electron chi connectivity index (χ3n) is 2.44. The first-order chi connectivity index (χ1) is 9.85. The van der Waals surface area contributed by atoms with Crippen molar-refractivity contribution in [2.75, 3.05) is 11.9 Å². The highest BCUT2D eigenvalue weighted by Gasteiger charge is 2.29. The standard InChI is InChI=1S/C12H10F3N3O3/c1-7-4-8(10-18-16-6-21-10)2-3-9(7)17-11(19)20-5-12(13,14)15/h2-4,6H,5H2,1H3,(H,17,19). The zero-order chi connectivity index (χ0) is 15.5. The number of hydrogen-bond donors (Lipinski definition) is 1. The predicted octanol–water partition coefficient (Wildman–Crippen LogP) is 3.16. The summed E-state index contributed by atoms with van der Waals surface area (Å²) in [7, 11) is 0. The third-order valence-corrected chi connectivity index (χ3v) is 2.44. The van der Waals surface area contributed by atoms with Gasteiger partial charge in [-0.3, -0.25) is 5.32 Å². The van der Waals surface area contributed by atoms with Crippen LogP contribution in [-0.2, 0) is 4.74 Å². The molecule has 6 nitrogen and oxygen atoms in total. The summed E-state index contributed by atoms with van der Waals surface area (Å²) in [5.41, 5.74) is 1.55. The molecular formula is C12H10F3N3O3. The van der Waals surface area contributed by atoms with Gasteiger partial charge in [0.15, 0.2) is 6.61 Å². The van der Waals surface area contributed by atoms with Crippen LogP contribution in [0.1, 0.15) is 5.56 Å². The van der Waals surface area contributed by atoms with E-state index >= 15 is 0 Å². The number of carbonyl (C=O) groups is 1.